The lowest BCUT2D eigenvalue weighted by Gasteiger charge is -2.35. The Morgan fingerprint density at radius 3 is 2.67 bits per heavy atom. The van der Waals surface area contributed by atoms with Gasteiger partial charge >= 0.3 is 0 Å². The molecular formula is C12H22ClNO. The predicted molar refractivity (Wildman–Crippen MR) is 63.5 cm³/mol. The molecule has 15 heavy (non-hydrogen) atoms. The highest BCUT2D eigenvalue weighted by Gasteiger charge is 2.28. The van der Waals surface area contributed by atoms with Crippen LogP contribution in [0.4, 0.5) is 0 Å². The molecule has 0 aromatic rings. The highest BCUT2D eigenvalue weighted by molar-refractivity contribution is 6.21. The Labute approximate surface area is 97.9 Å². The molecule has 0 spiro atoms. The summed E-state index contributed by atoms with van der Waals surface area (Å²) in [5.41, 5.74) is 0. The number of nitrogens with zero attached hydrogens (tertiary/aromatic N) is 1. The lowest BCUT2D eigenvalue weighted by molar-refractivity contribution is -0.00514. The average molecular weight is 232 g/mol. The second kappa shape index (κ2) is 5.51. The lowest BCUT2D eigenvalue weighted by Crippen LogP contribution is -2.39. The molecule has 1 aliphatic carbocycles. The van der Waals surface area contributed by atoms with Crippen molar-refractivity contribution in [2.24, 2.45) is 5.92 Å². The summed E-state index contributed by atoms with van der Waals surface area (Å²) in [5.74, 6) is 0.834. The zero-order valence-corrected chi connectivity index (χ0v) is 10.4. The maximum atomic E-state index is 5.98. The molecule has 0 bridgehead atoms. The minimum Gasteiger partial charge on any atom is -0.377 e. The van der Waals surface area contributed by atoms with Gasteiger partial charge in [-0.15, -0.1) is 11.6 Å². The van der Waals surface area contributed by atoms with Gasteiger partial charge in [0, 0.05) is 25.1 Å². The molecule has 1 saturated carbocycles. The number of hydrogen-bond donors (Lipinski definition) is 0. The summed E-state index contributed by atoms with van der Waals surface area (Å²) in [6, 6.07) is 0. The Hall–Kier alpha value is 0.210. The van der Waals surface area contributed by atoms with Crippen LogP contribution in [0.5, 0.6) is 0 Å². The molecule has 0 amide bonds. The van der Waals surface area contributed by atoms with Gasteiger partial charge in [0.05, 0.1) is 6.10 Å². The number of halogens is 1. The zero-order chi connectivity index (χ0) is 10.7. The summed E-state index contributed by atoms with van der Waals surface area (Å²) in [7, 11) is 2.21. The summed E-state index contributed by atoms with van der Waals surface area (Å²) in [6.07, 6.45) is 6.72. The number of likely N-dealkylation sites (N-methyl/N-ethyl adjacent to an activating group) is 1. The van der Waals surface area contributed by atoms with Crippen LogP contribution in [0, 0.1) is 5.92 Å². The van der Waals surface area contributed by atoms with Crippen LogP contribution in [0.15, 0.2) is 0 Å². The van der Waals surface area contributed by atoms with Crippen LogP contribution < -0.4 is 0 Å². The minimum absolute atomic E-state index is 0.453. The van der Waals surface area contributed by atoms with E-state index in [9.17, 15) is 0 Å². The topological polar surface area (TPSA) is 12.5 Å². The first-order chi connectivity index (χ1) is 7.24. The Morgan fingerprint density at radius 2 is 2.07 bits per heavy atom. The fourth-order valence-corrected chi connectivity index (χ4v) is 3.12. The van der Waals surface area contributed by atoms with Gasteiger partial charge in [-0.25, -0.2) is 0 Å². The van der Waals surface area contributed by atoms with E-state index in [1.807, 2.05) is 0 Å². The molecular weight excluding hydrogens is 210 g/mol. The van der Waals surface area contributed by atoms with Crippen LogP contribution in [0.3, 0.4) is 0 Å². The van der Waals surface area contributed by atoms with E-state index >= 15 is 0 Å². The molecule has 2 rings (SSSR count). The van der Waals surface area contributed by atoms with Crippen molar-refractivity contribution in [2.45, 2.75) is 43.6 Å². The van der Waals surface area contributed by atoms with Crippen molar-refractivity contribution in [1.29, 1.82) is 0 Å². The normalized spacial score (nSPS) is 36.6. The Balaban J connectivity index is 1.61. The highest BCUT2D eigenvalue weighted by Crippen LogP contribution is 2.32. The standard InChI is InChI=1S/C12H22ClNO/c1-14(8-10-6-11(13)7-10)9-12-4-2-3-5-15-12/h10-12H,2-9H2,1H3. The highest BCUT2D eigenvalue weighted by atomic mass is 35.5. The number of alkyl halides is 1. The van der Waals surface area contributed by atoms with Crippen molar-refractivity contribution in [3.8, 4) is 0 Å². The van der Waals surface area contributed by atoms with Gasteiger partial charge in [-0.1, -0.05) is 0 Å². The Bertz CT molecular complexity index is 188. The van der Waals surface area contributed by atoms with Crippen LogP contribution >= 0.6 is 11.6 Å². The van der Waals surface area contributed by atoms with Crippen molar-refractivity contribution < 1.29 is 4.74 Å². The monoisotopic (exact) mass is 231 g/mol. The van der Waals surface area contributed by atoms with Gasteiger partial charge in [0.15, 0.2) is 0 Å². The molecule has 2 nitrogen and oxygen atoms in total. The molecule has 1 heterocycles. The molecule has 1 atom stereocenters. The van der Waals surface area contributed by atoms with Crippen LogP contribution in [0.25, 0.3) is 0 Å². The van der Waals surface area contributed by atoms with E-state index in [0.717, 1.165) is 19.1 Å². The molecule has 1 unspecified atom stereocenters. The van der Waals surface area contributed by atoms with Crippen molar-refractivity contribution in [1.82, 2.24) is 4.90 Å². The Morgan fingerprint density at radius 1 is 1.27 bits per heavy atom. The van der Waals surface area contributed by atoms with E-state index < -0.39 is 0 Å². The van der Waals surface area contributed by atoms with Crippen LogP contribution in [-0.4, -0.2) is 43.1 Å². The van der Waals surface area contributed by atoms with Crippen LogP contribution in [-0.2, 0) is 4.74 Å². The summed E-state index contributed by atoms with van der Waals surface area (Å²) in [4.78, 5) is 2.42. The van der Waals surface area contributed by atoms with Gasteiger partial charge in [-0.2, -0.15) is 0 Å². The zero-order valence-electron chi connectivity index (χ0n) is 9.62. The van der Waals surface area contributed by atoms with Crippen molar-refractivity contribution >= 4 is 11.6 Å². The predicted octanol–water partition coefficient (Wildman–Crippen LogP) is 2.50. The molecule has 0 aromatic heterocycles. The van der Waals surface area contributed by atoms with Gasteiger partial charge in [-0.3, -0.25) is 0 Å². The molecule has 88 valence electrons. The van der Waals surface area contributed by atoms with Crippen molar-refractivity contribution in [3.63, 3.8) is 0 Å². The second-order valence-corrected chi connectivity index (χ2v) is 5.76. The minimum atomic E-state index is 0.453. The van der Waals surface area contributed by atoms with Gasteiger partial charge in [0.1, 0.15) is 0 Å². The van der Waals surface area contributed by atoms with Crippen LogP contribution in [0.2, 0.25) is 0 Å². The molecule has 0 N–H and O–H groups in total. The summed E-state index contributed by atoms with van der Waals surface area (Å²) < 4.78 is 5.74. The lowest BCUT2D eigenvalue weighted by atomic mass is 9.84. The van der Waals surface area contributed by atoms with E-state index in [1.165, 1.54) is 38.6 Å². The van der Waals surface area contributed by atoms with E-state index in [-0.39, 0.29) is 0 Å². The molecule has 0 aromatic carbocycles. The molecule has 1 saturated heterocycles. The fraction of sp³-hybridized carbons (Fsp3) is 1.00. The fourth-order valence-electron chi connectivity index (χ4n) is 2.62. The largest absolute Gasteiger partial charge is 0.377 e. The molecule has 3 heteroatoms. The average Bonchev–Trinajstić information content (AvgIpc) is 2.17. The molecule has 2 aliphatic rings. The SMILES string of the molecule is CN(CC1CC(Cl)C1)CC1CCCCO1. The number of ether oxygens (including phenoxy) is 1. The summed E-state index contributed by atoms with van der Waals surface area (Å²) in [5, 5.41) is 0.453. The molecule has 0 radical (unpaired) electrons. The quantitative estimate of drug-likeness (QED) is 0.690. The number of hydrogen-bond acceptors (Lipinski definition) is 2. The van der Waals surface area contributed by atoms with E-state index in [2.05, 4.69) is 11.9 Å². The molecule has 2 fully saturated rings. The van der Waals surface area contributed by atoms with E-state index in [1.54, 1.807) is 0 Å². The van der Waals surface area contributed by atoms with E-state index in [0.29, 0.717) is 11.5 Å². The van der Waals surface area contributed by atoms with E-state index in [4.69, 9.17) is 16.3 Å². The third-order valence-corrected chi connectivity index (χ3v) is 3.89. The van der Waals surface area contributed by atoms with Gasteiger partial charge in [-0.05, 0) is 45.1 Å². The maximum absolute atomic E-state index is 5.98. The smallest absolute Gasteiger partial charge is 0.0701 e. The maximum Gasteiger partial charge on any atom is 0.0701 e. The second-order valence-electron chi connectivity index (χ2n) is 5.14. The first-order valence-electron chi connectivity index (χ1n) is 6.18. The third kappa shape index (κ3) is 3.61. The van der Waals surface area contributed by atoms with Crippen LogP contribution in [0.1, 0.15) is 32.1 Å². The molecule has 1 aliphatic heterocycles. The van der Waals surface area contributed by atoms with Gasteiger partial charge in [0.2, 0.25) is 0 Å². The van der Waals surface area contributed by atoms with Crippen molar-refractivity contribution in [3.05, 3.63) is 0 Å². The summed E-state index contributed by atoms with van der Waals surface area (Å²) >= 11 is 5.98. The first kappa shape index (κ1) is 11.7. The van der Waals surface area contributed by atoms with Gasteiger partial charge < -0.3 is 9.64 Å². The van der Waals surface area contributed by atoms with Gasteiger partial charge in [0.25, 0.3) is 0 Å². The summed E-state index contributed by atoms with van der Waals surface area (Å²) in [6.45, 7) is 3.26. The Kier molecular flexibility index (Phi) is 4.30. The third-order valence-electron chi connectivity index (χ3n) is 3.54. The number of rotatable bonds is 4. The first-order valence-corrected chi connectivity index (χ1v) is 6.62. The van der Waals surface area contributed by atoms with Crippen molar-refractivity contribution in [2.75, 3.05) is 26.7 Å².